The lowest BCUT2D eigenvalue weighted by atomic mass is 9.85. The predicted octanol–water partition coefficient (Wildman–Crippen LogP) is 4.17. The minimum Gasteiger partial charge on any atom is -0.462 e. The van der Waals surface area contributed by atoms with E-state index in [9.17, 15) is 4.79 Å². The molecule has 2 fully saturated rings. The molecule has 1 N–H and O–H groups in total. The third kappa shape index (κ3) is 5.60. The molecule has 4 heterocycles. The summed E-state index contributed by atoms with van der Waals surface area (Å²) in [7, 11) is 0. The Kier molecular flexibility index (Phi) is 7.49. The van der Waals surface area contributed by atoms with Gasteiger partial charge in [-0.05, 0) is 62.8 Å². The number of anilines is 1. The van der Waals surface area contributed by atoms with E-state index in [0.29, 0.717) is 23.6 Å². The Balaban J connectivity index is 1.39. The van der Waals surface area contributed by atoms with Gasteiger partial charge in [0, 0.05) is 49.8 Å². The van der Waals surface area contributed by atoms with E-state index in [0.717, 1.165) is 68.2 Å². The number of nitrogens with zero attached hydrogens (tertiary/aromatic N) is 4. The van der Waals surface area contributed by atoms with E-state index in [2.05, 4.69) is 20.2 Å². The Hall–Kier alpha value is -3.10. The molecule has 3 aromatic heterocycles. The molecule has 35 heavy (non-hydrogen) atoms. The number of aromatic nitrogens is 3. The Morgan fingerprint density at radius 3 is 2.63 bits per heavy atom. The van der Waals surface area contributed by atoms with Crippen LogP contribution < -0.4 is 5.32 Å². The largest absolute Gasteiger partial charge is 0.462 e. The van der Waals surface area contributed by atoms with Crippen molar-refractivity contribution in [1.82, 2.24) is 19.9 Å². The van der Waals surface area contributed by atoms with Crippen molar-refractivity contribution < 1.29 is 14.3 Å². The highest BCUT2D eigenvalue weighted by atomic mass is 16.5. The standard InChI is InChI=1S/C27H33N5O3/c1-2-35-27(33)22-17-29-24-8-7-23(20-9-11-28-12-10-20)31-26(24)25(22)30-21-5-3-19(4-6-21)18-32-13-15-34-16-14-32/h7-12,17,19,21H,2-6,13-16,18H2,1H3,(H,29,30). The number of hydrogen-bond acceptors (Lipinski definition) is 8. The molecule has 0 bridgehead atoms. The molecule has 0 radical (unpaired) electrons. The maximum absolute atomic E-state index is 12.8. The number of carbonyl (C=O) groups excluding carboxylic acids is 1. The zero-order chi connectivity index (χ0) is 24.0. The van der Waals surface area contributed by atoms with E-state index in [1.54, 1.807) is 18.6 Å². The molecule has 1 aliphatic heterocycles. The third-order valence-corrected chi connectivity index (χ3v) is 7.00. The molecule has 1 saturated heterocycles. The summed E-state index contributed by atoms with van der Waals surface area (Å²) in [5, 5.41) is 3.69. The number of morpholine rings is 1. The highest BCUT2D eigenvalue weighted by Gasteiger charge is 2.26. The molecule has 1 aliphatic carbocycles. The highest BCUT2D eigenvalue weighted by molar-refractivity contribution is 6.04. The lowest BCUT2D eigenvalue weighted by Crippen LogP contribution is -2.40. The minimum absolute atomic E-state index is 0.279. The minimum atomic E-state index is -0.374. The summed E-state index contributed by atoms with van der Waals surface area (Å²) in [6.45, 7) is 7.04. The van der Waals surface area contributed by atoms with Gasteiger partial charge in [0.2, 0.25) is 0 Å². The number of pyridine rings is 3. The fraction of sp³-hybridized carbons (Fsp3) is 0.481. The summed E-state index contributed by atoms with van der Waals surface area (Å²) < 4.78 is 10.8. The molecule has 184 valence electrons. The van der Waals surface area contributed by atoms with Crippen molar-refractivity contribution in [2.45, 2.75) is 38.6 Å². The average Bonchev–Trinajstić information content (AvgIpc) is 2.91. The second kappa shape index (κ2) is 11.1. The van der Waals surface area contributed by atoms with Crippen LogP contribution in [0.5, 0.6) is 0 Å². The van der Waals surface area contributed by atoms with Crippen LogP contribution in [0.3, 0.4) is 0 Å². The molecule has 0 spiro atoms. The van der Waals surface area contributed by atoms with Gasteiger partial charge in [-0.15, -0.1) is 0 Å². The molecule has 0 atom stereocenters. The van der Waals surface area contributed by atoms with Gasteiger partial charge in [0.25, 0.3) is 0 Å². The van der Waals surface area contributed by atoms with Gasteiger partial charge in [0.05, 0.1) is 36.7 Å². The summed E-state index contributed by atoms with van der Waals surface area (Å²) in [6.07, 6.45) is 9.58. The van der Waals surface area contributed by atoms with Crippen LogP contribution >= 0.6 is 0 Å². The highest BCUT2D eigenvalue weighted by Crippen LogP contribution is 2.32. The van der Waals surface area contributed by atoms with Gasteiger partial charge in [-0.2, -0.15) is 0 Å². The van der Waals surface area contributed by atoms with Gasteiger partial charge in [-0.3, -0.25) is 14.9 Å². The normalized spacial score (nSPS) is 21.1. The number of nitrogens with one attached hydrogen (secondary N) is 1. The summed E-state index contributed by atoms with van der Waals surface area (Å²) in [4.78, 5) is 28.9. The van der Waals surface area contributed by atoms with Gasteiger partial charge in [-0.1, -0.05) is 0 Å². The Bertz CT molecular complexity index is 1140. The van der Waals surface area contributed by atoms with Crippen LogP contribution in [0.1, 0.15) is 43.0 Å². The van der Waals surface area contributed by atoms with Crippen LogP contribution in [-0.4, -0.2) is 71.3 Å². The molecule has 8 heteroatoms. The quantitative estimate of drug-likeness (QED) is 0.509. The summed E-state index contributed by atoms with van der Waals surface area (Å²) in [5.41, 5.74) is 4.40. The van der Waals surface area contributed by atoms with Crippen molar-refractivity contribution in [3.8, 4) is 11.3 Å². The molecular weight excluding hydrogens is 442 g/mol. The smallest absolute Gasteiger partial charge is 0.341 e. The number of ether oxygens (including phenoxy) is 2. The van der Waals surface area contributed by atoms with Crippen LogP contribution in [0, 0.1) is 5.92 Å². The topological polar surface area (TPSA) is 89.5 Å². The second-order valence-corrected chi connectivity index (χ2v) is 9.34. The first-order valence-electron chi connectivity index (χ1n) is 12.6. The number of esters is 1. The van der Waals surface area contributed by atoms with Gasteiger partial charge >= 0.3 is 5.97 Å². The molecule has 3 aromatic rings. The summed E-state index contributed by atoms with van der Waals surface area (Å²) in [5.74, 6) is 0.336. The van der Waals surface area contributed by atoms with Crippen molar-refractivity contribution in [1.29, 1.82) is 0 Å². The molecular formula is C27H33N5O3. The van der Waals surface area contributed by atoms with Crippen LogP contribution in [0.15, 0.2) is 42.9 Å². The molecule has 0 amide bonds. The van der Waals surface area contributed by atoms with Crippen molar-refractivity contribution in [3.05, 3.63) is 48.4 Å². The number of carbonyl (C=O) groups is 1. The van der Waals surface area contributed by atoms with Crippen molar-refractivity contribution in [2.24, 2.45) is 5.92 Å². The zero-order valence-electron chi connectivity index (χ0n) is 20.3. The van der Waals surface area contributed by atoms with Crippen molar-refractivity contribution in [3.63, 3.8) is 0 Å². The summed E-state index contributed by atoms with van der Waals surface area (Å²) in [6, 6.07) is 8.05. The first-order chi connectivity index (χ1) is 17.2. The van der Waals surface area contributed by atoms with Crippen LogP contribution in [0.2, 0.25) is 0 Å². The van der Waals surface area contributed by atoms with Gasteiger partial charge in [0.15, 0.2) is 0 Å². The van der Waals surface area contributed by atoms with Gasteiger partial charge < -0.3 is 14.8 Å². The van der Waals surface area contributed by atoms with E-state index in [1.165, 1.54) is 12.8 Å². The Labute approximate surface area is 206 Å². The van der Waals surface area contributed by atoms with Gasteiger partial charge in [-0.25, -0.2) is 9.78 Å². The van der Waals surface area contributed by atoms with Crippen LogP contribution in [0.25, 0.3) is 22.3 Å². The van der Waals surface area contributed by atoms with Crippen molar-refractivity contribution in [2.75, 3.05) is 44.8 Å². The Morgan fingerprint density at radius 1 is 1.11 bits per heavy atom. The molecule has 2 aliphatic rings. The van der Waals surface area contributed by atoms with E-state index in [4.69, 9.17) is 14.5 Å². The first-order valence-corrected chi connectivity index (χ1v) is 12.6. The lowest BCUT2D eigenvalue weighted by Gasteiger charge is -2.35. The predicted molar refractivity (Wildman–Crippen MR) is 135 cm³/mol. The van der Waals surface area contributed by atoms with E-state index in [1.807, 2.05) is 31.2 Å². The van der Waals surface area contributed by atoms with Crippen molar-refractivity contribution >= 4 is 22.7 Å². The maximum Gasteiger partial charge on any atom is 0.341 e. The molecule has 0 unspecified atom stereocenters. The second-order valence-electron chi connectivity index (χ2n) is 9.34. The Morgan fingerprint density at radius 2 is 1.89 bits per heavy atom. The lowest BCUT2D eigenvalue weighted by molar-refractivity contribution is 0.0276. The number of fused-ring (bicyclic) bond motifs is 1. The fourth-order valence-corrected chi connectivity index (χ4v) is 5.10. The van der Waals surface area contributed by atoms with Crippen LogP contribution in [-0.2, 0) is 9.47 Å². The fourth-order valence-electron chi connectivity index (χ4n) is 5.10. The van der Waals surface area contributed by atoms with E-state index in [-0.39, 0.29) is 12.0 Å². The first kappa shape index (κ1) is 23.6. The number of rotatable bonds is 7. The van der Waals surface area contributed by atoms with E-state index >= 15 is 0 Å². The summed E-state index contributed by atoms with van der Waals surface area (Å²) >= 11 is 0. The third-order valence-electron chi connectivity index (χ3n) is 7.00. The van der Waals surface area contributed by atoms with Gasteiger partial charge in [0.1, 0.15) is 11.1 Å². The SMILES string of the molecule is CCOC(=O)c1cnc2ccc(-c3ccncc3)nc2c1NC1CCC(CN2CCOCC2)CC1. The van der Waals surface area contributed by atoms with E-state index < -0.39 is 0 Å². The average molecular weight is 476 g/mol. The molecule has 5 rings (SSSR count). The molecule has 1 saturated carbocycles. The maximum atomic E-state index is 12.8. The number of hydrogen-bond donors (Lipinski definition) is 1. The molecule has 0 aromatic carbocycles. The molecule has 8 nitrogen and oxygen atoms in total. The monoisotopic (exact) mass is 475 g/mol. The zero-order valence-corrected chi connectivity index (χ0v) is 20.3. The van der Waals surface area contributed by atoms with Crippen LogP contribution in [0.4, 0.5) is 5.69 Å².